The molecule has 1 aromatic heterocycles. The number of benzene rings is 2. The Balaban J connectivity index is 1.25. The molecule has 3 heterocycles. The molecule has 174 valence electrons. The number of hydrogen-bond acceptors (Lipinski definition) is 8. The normalized spacial score (nSPS) is 13.6. The summed E-state index contributed by atoms with van der Waals surface area (Å²) < 4.78 is 27.1. The molecule has 3 aromatic rings. The average Bonchev–Trinajstić information content (AvgIpc) is 3.56. The molecule has 5 rings (SSSR count). The number of fused-ring (bicyclic) bond motifs is 2. The number of carbonyl (C=O) groups excluding carboxylic acids is 2. The Morgan fingerprint density at radius 3 is 2.56 bits per heavy atom. The number of carbonyl (C=O) groups is 2. The van der Waals surface area contributed by atoms with Crippen molar-refractivity contribution < 1.29 is 33.3 Å². The van der Waals surface area contributed by atoms with Crippen LogP contribution in [-0.4, -0.2) is 38.5 Å². The van der Waals surface area contributed by atoms with Gasteiger partial charge >= 0.3 is 5.97 Å². The van der Waals surface area contributed by atoms with E-state index in [1.807, 2.05) is 17.5 Å². The van der Waals surface area contributed by atoms with E-state index in [9.17, 15) is 9.59 Å². The lowest BCUT2D eigenvalue weighted by molar-refractivity contribution is -0.142. The second-order valence-electron chi connectivity index (χ2n) is 7.44. The molecule has 1 amide bonds. The molecule has 0 aliphatic carbocycles. The maximum Gasteiger partial charge on any atom is 0.331 e. The van der Waals surface area contributed by atoms with E-state index in [4.69, 9.17) is 23.7 Å². The summed E-state index contributed by atoms with van der Waals surface area (Å²) in [5.74, 6) is 1.53. The number of rotatable bonds is 7. The van der Waals surface area contributed by atoms with Gasteiger partial charge in [-0.2, -0.15) is 0 Å². The zero-order valence-corrected chi connectivity index (χ0v) is 18.9. The second kappa shape index (κ2) is 9.88. The topological polar surface area (TPSA) is 83.5 Å². The molecule has 0 saturated carbocycles. The van der Waals surface area contributed by atoms with Crippen molar-refractivity contribution in [3.05, 3.63) is 70.4 Å². The molecule has 34 heavy (non-hydrogen) atoms. The van der Waals surface area contributed by atoms with Crippen LogP contribution in [0.2, 0.25) is 0 Å². The monoisotopic (exact) mass is 479 g/mol. The van der Waals surface area contributed by atoms with Crippen LogP contribution in [0.5, 0.6) is 23.0 Å². The van der Waals surface area contributed by atoms with E-state index < -0.39 is 12.6 Å². The van der Waals surface area contributed by atoms with Crippen molar-refractivity contribution >= 4 is 35.0 Å². The van der Waals surface area contributed by atoms with Gasteiger partial charge in [-0.1, -0.05) is 12.1 Å². The first-order valence-corrected chi connectivity index (χ1v) is 11.5. The fraction of sp³-hybridized carbons (Fsp3) is 0.200. The van der Waals surface area contributed by atoms with Crippen LogP contribution in [0.3, 0.4) is 0 Å². The molecule has 0 unspecified atom stereocenters. The minimum atomic E-state index is -0.621. The molecule has 0 fully saturated rings. The predicted octanol–water partition coefficient (Wildman–Crippen LogP) is 4.04. The van der Waals surface area contributed by atoms with Gasteiger partial charge in [-0.15, -0.1) is 11.3 Å². The molecule has 2 aliphatic heterocycles. The van der Waals surface area contributed by atoms with Crippen molar-refractivity contribution in [2.24, 2.45) is 0 Å². The average molecular weight is 480 g/mol. The molecular weight excluding hydrogens is 458 g/mol. The SMILES string of the molecule is O=C(/C=C\c1ccc2c(c1)OCO2)OCC(=O)N(Cc1cccs1)c1ccc2c(c1)OCCO2. The van der Waals surface area contributed by atoms with Crippen molar-refractivity contribution in [3.8, 4) is 23.0 Å². The molecular formula is C25H21NO7S. The van der Waals surface area contributed by atoms with Gasteiger partial charge in [-0.05, 0) is 47.4 Å². The van der Waals surface area contributed by atoms with Gasteiger partial charge in [0.2, 0.25) is 6.79 Å². The minimum absolute atomic E-state index is 0.179. The molecule has 0 radical (unpaired) electrons. The third-order valence-corrected chi connectivity index (χ3v) is 6.04. The standard InChI is InChI=1S/C25H21NO7S/c27-24(15-31-25(28)8-4-17-3-6-21-22(12-17)33-16-32-21)26(14-19-2-1-11-34-19)18-5-7-20-23(13-18)30-10-9-29-20/h1-8,11-13H,9-10,14-16H2/b8-4-. The fourth-order valence-electron chi connectivity index (χ4n) is 3.52. The van der Waals surface area contributed by atoms with E-state index in [0.717, 1.165) is 10.4 Å². The van der Waals surface area contributed by atoms with E-state index in [2.05, 4.69) is 0 Å². The third kappa shape index (κ3) is 4.99. The van der Waals surface area contributed by atoms with Crippen LogP contribution < -0.4 is 23.8 Å². The largest absolute Gasteiger partial charge is 0.486 e. The molecule has 0 atom stereocenters. The molecule has 8 nitrogen and oxygen atoms in total. The summed E-state index contributed by atoms with van der Waals surface area (Å²) in [6, 6.07) is 14.5. The quantitative estimate of drug-likeness (QED) is 0.374. The summed E-state index contributed by atoms with van der Waals surface area (Å²) in [6.07, 6.45) is 2.87. The van der Waals surface area contributed by atoms with Crippen LogP contribution in [0.1, 0.15) is 10.4 Å². The molecule has 0 saturated heterocycles. The number of nitrogens with zero attached hydrogens (tertiary/aromatic N) is 1. The zero-order valence-electron chi connectivity index (χ0n) is 18.1. The highest BCUT2D eigenvalue weighted by atomic mass is 32.1. The van der Waals surface area contributed by atoms with Gasteiger partial charge in [0.15, 0.2) is 29.6 Å². The minimum Gasteiger partial charge on any atom is -0.486 e. The number of esters is 1. The Hall–Kier alpha value is -3.98. The molecule has 0 spiro atoms. The number of thiophene rings is 1. The first-order chi connectivity index (χ1) is 16.7. The third-order valence-electron chi connectivity index (χ3n) is 5.18. The van der Waals surface area contributed by atoms with Crippen LogP contribution in [0.25, 0.3) is 6.08 Å². The highest BCUT2D eigenvalue weighted by Crippen LogP contribution is 2.35. The van der Waals surface area contributed by atoms with Crippen molar-refractivity contribution in [1.82, 2.24) is 0 Å². The first kappa shape index (κ1) is 21.8. The Labute approximate surface area is 199 Å². The van der Waals surface area contributed by atoms with Gasteiger partial charge in [-0.25, -0.2) is 4.79 Å². The van der Waals surface area contributed by atoms with Crippen molar-refractivity contribution in [3.63, 3.8) is 0 Å². The summed E-state index contributed by atoms with van der Waals surface area (Å²) >= 11 is 1.54. The molecule has 0 bridgehead atoms. The maximum atomic E-state index is 13.1. The van der Waals surface area contributed by atoms with Gasteiger partial charge in [0.05, 0.1) is 6.54 Å². The van der Waals surface area contributed by atoms with Crippen molar-refractivity contribution in [2.45, 2.75) is 6.54 Å². The van der Waals surface area contributed by atoms with E-state index in [1.165, 1.54) is 6.08 Å². The highest BCUT2D eigenvalue weighted by Gasteiger charge is 2.21. The van der Waals surface area contributed by atoms with Gasteiger partial charge in [-0.3, -0.25) is 4.79 Å². The number of anilines is 1. The van der Waals surface area contributed by atoms with E-state index in [1.54, 1.807) is 58.7 Å². The summed E-state index contributed by atoms with van der Waals surface area (Å²) in [4.78, 5) is 27.9. The van der Waals surface area contributed by atoms with Crippen molar-refractivity contribution in [1.29, 1.82) is 0 Å². The van der Waals surface area contributed by atoms with Gasteiger partial charge in [0.25, 0.3) is 5.91 Å². The number of ether oxygens (including phenoxy) is 5. The Kier molecular flexibility index (Phi) is 6.35. The lowest BCUT2D eigenvalue weighted by Gasteiger charge is -2.25. The Morgan fingerprint density at radius 1 is 0.941 bits per heavy atom. The summed E-state index contributed by atoms with van der Waals surface area (Å²) in [5.41, 5.74) is 1.39. The second-order valence-corrected chi connectivity index (χ2v) is 8.47. The van der Waals surface area contributed by atoms with E-state index in [0.29, 0.717) is 48.4 Å². The maximum absolute atomic E-state index is 13.1. The predicted molar refractivity (Wildman–Crippen MR) is 125 cm³/mol. The van der Waals surface area contributed by atoms with Crippen LogP contribution >= 0.6 is 11.3 Å². The lowest BCUT2D eigenvalue weighted by Crippen LogP contribution is -2.34. The molecule has 2 aliphatic rings. The summed E-state index contributed by atoms with van der Waals surface area (Å²) in [5, 5.41) is 1.95. The first-order valence-electron chi connectivity index (χ1n) is 10.6. The smallest absolute Gasteiger partial charge is 0.331 e. The molecule has 9 heteroatoms. The fourth-order valence-corrected chi connectivity index (χ4v) is 4.21. The van der Waals surface area contributed by atoms with Crippen LogP contribution in [-0.2, 0) is 20.9 Å². The van der Waals surface area contributed by atoms with E-state index >= 15 is 0 Å². The summed E-state index contributed by atoms with van der Waals surface area (Å²) in [7, 11) is 0. The van der Waals surface area contributed by atoms with Crippen LogP contribution in [0.15, 0.2) is 60.0 Å². The number of amides is 1. The Morgan fingerprint density at radius 2 is 1.71 bits per heavy atom. The van der Waals surface area contributed by atoms with Gasteiger partial charge < -0.3 is 28.6 Å². The lowest BCUT2D eigenvalue weighted by atomic mass is 10.2. The van der Waals surface area contributed by atoms with Crippen molar-refractivity contribution in [2.75, 3.05) is 31.5 Å². The number of hydrogen-bond donors (Lipinski definition) is 0. The van der Waals surface area contributed by atoms with Crippen LogP contribution in [0, 0.1) is 0 Å². The Bertz CT molecular complexity index is 1220. The highest BCUT2D eigenvalue weighted by molar-refractivity contribution is 7.09. The molecule has 0 N–H and O–H groups in total. The van der Waals surface area contributed by atoms with Crippen LogP contribution in [0.4, 0.5) is 5.69 Å². The van der Waals surface area contributed by atoms with Gasteiger partial charge in [0.1, 0.15) is 13.2 Å². The molecule has 2 aromatic carbocycles. The van der Waals surface area contributed by atoms with E-state index in [-0.39, 0.29) is 12.7 Å². The van der Waals surface area contributed by atoms with Gasteiger partial charge in [0, 0.05) is 22.7 Å². The summed E-state index contributed by atoms with van der Waals surface area (Å²) in [6.45, 7) is 1.06. The zero-order chi connectivity index (χ0) is 23.3.